The number of likely N-dealkylation sites (tertiary alicyclic amines) is 1. The smallest absolute Gasteiger partial charge is 0.179 e. The summed E-state index contributed by atoms with van der Waals surface area (Å²) in [4.78, 5) is 14.5. The lowest BCUT2D eigenvalue weighted by atomic mass is 9.78. The van der Waals surface area contributed by atoms with Crippen molar-refractivity contribution in [3.8, 4) is 0 Å². The number of hydrogen-bond acceptors (Lipinski definition) is 2. The lowest BCUT2D eigenvalue weighted by molar-refractivity contribution is 0.0537. The Balaban J connectivity index is 1.71. The highest BCUT2D eigenvalue weighted by Crippen LogP contribution is 2.35. The zero-order valence-corrected chi connectivity index (χ0v) is 12.2. The normalized spacial score (nSPS) is 26.4. The van der Waals surface area contributed by atoms with Crippen molar-refractivity contribution in [2.75, 3.05) is 13.1 Å². The van der Waals surface area contributed by atoms with Gasteiger partial charge in [0.15, 0.2) is 5.78 Å². The van der Waals surface area contributed by atoms with Gasteiger partial charge in [0.2, 0.25) is 0 Å². The van der Waals surface area contributed by atoms with Crippen molar-refractivity contribution in [1.82, 2.24) is 4.90 Å². The van der Waals surface area contributed by atoms with Crippen molar-refractivity contribution in [1.29, 1.82) is 0 Å². The highest BCUT2D eigenvalue weighted by atomic mass is 19.1. The van der Waals surface area contributed by atoms with E-state index in [1.54, 1.807) is 0 Å². The Bertz CT molecular complexity index is 530. The Hall–Kier alpha value is -1.29. The Labute approximate surface area is 124 Å². The minimum absolute atomic E-state index is 0.00864. The Morgan fingerprint density at radius 2 is 1.90 bits per heavy atom. The van der Waals surface area contributed by atoms with Gasteiger partial charge < -0.3 is 0 Å². The summed E-state index contributed by atoms with van der Waals surface area (Å²) in [6.45, 7) is 1.17. The highest BCUT2D eigenvalue weighted by molar-refractivity contribution is 5.97. The minimum Gasteiger partial charge on any atom is -0.293 e. The maximum Gasteiger partial charge on any atom is 0.179 e. The fourth-order valence-electron chi connectivity index (χ4n) is 3.91. The predicted molar refractivity (Wildman–Crippen MR) is 77.2 cm³/mol. The number of hydrogen-bond donors (Lipinski definition) is 0. The molecule has 1 aromatic rings. The highest BCUT2D eigenvalue weighted by Gasteiger charge is 2.34. The largest absolute Gasteiger partial charge is 0.293 e. The summed E-state index contributed by atoms with van der Waals surface area (Å²) >= 11 is 0. The monoisotopic (exact) mass is 293 g/mol. The third-order valence-electron chi connectivity index (χ3n) is 4.94. The van der Waals surface area contributed by atoms with E-state index in [0.29, 0.717) is 12.0 Å². The molecule has 2 nitrogen and oxygen atoms in total. The summed E-state index contributed by atoms with van der Waals surface area (Å²) in [7, 11) is 0. The fraction of sp³-hybridized carbons (Fsp3) is 0.588. The first-order valence-corrected chi connectivity index (χ1v) is 7.87. The Kier molecular flexibility index (Phi) is 4.34. The van der Waals surface area contributed by atoms with Crippen molar-refractivity contribution in [3.63, 3.8) is 0 Å². The van der Waals surface area contributed by atoms with Gasteiger partial charge in [-0.2, -0.15) is 0 Å². The second-order valence-corrected chi connectivity index (χ2v) is 6.27. The summed E-state index contributed by atoms with van der Waals surface area (Å²) in [5.74, 6) is -0.941. The molecule has 0 spiro atoms. The second-order valence-electron chi connectivity index (χ2n) is 6.27. The lowest BCUT2D eigenvalue weighted by Crippen LogP contribution is -2.48. The standard InChI is InChI=1S/C17H21F2NO/c18-13-7-8-14(15(19)10-13)17(21)11-20-9-3-5-12-4-1-2-6-16(12)20/h7-8,10,12,16H,1-6,9,11H2. The maximum atomic E-state index is 13.7. The third kappa shape index (κ3) is 3.15. The molecule has 2 atom stereocenters. The fourth-order valence-corrected chi connectivity index (χ4v) is 3.91. The number of benzene rings is 1. The Morgan fingerprint density at radius 1 is 1.14 bits per heavy atom. The van der Waals surface area contributed by atoms with Crippen molar-refractivity contribution >= 4 is 5.78 Å². The van der Waals surface area contributed by atoms with Crippen LogP contribution < -0.4 is 0 Å². The minimum atomic E-state index is -0.753. The van der Waals surface area contributed by atoms with Crippen LogP contribution in [0.1, 0.15) is 48.9 Å². The number of carbonyl (C=O) groups excluding carboxylic acids is 1. The zero-order chi connectivity index (χ0) is 14.8. The maximum absolute atomic E-state index is 13.7. The number of fused-ring (bicyclic) bond motifs is 1. The van der Waals surface area contributed by atoms with E-state index in [1.165, 1.54) is 31.7 Å². The first kappa shape index (κ1) is 14.6. The van der Waals surface area contributed by atoms with E-state index in [4.69, 9.17) is 0 Å². The molecule has 1 aliphatic carbocycles. The molecule has 0 radical (unpaired) electrons. The molecule has 1 saturated heterocycles. The van der Waals surface area contributed by atoms with Crippen molar-refractivity contribution in [2.45, 2.75) is 44.6 Å². The first-order valence-electron chi connectivity index (χ1n) is 7.87. The number of rotatable bonds is 3. The van der Waals surface area contributed by atoms with E-state index >= 15 is 0 Å². The molecule has 0 aromatic heterocycles. The number of carbonyl (C=O) groups is 1. The molecule has 1 heterocycles. The van der Waals surface area contributed by atoms with Gasteiger partial charge in [-0.25, -0.2) is 8.78 Å². The van der Waals surface area contributed by atoms with E-state index in [1.807, 2.05) is 0 Å². The molecule has 3 rings (SSSR count). The molecule has 21 heavy (non-hydrogen) atoms. The molecule has 2 fully saturated rings. The van der Waals surface area contributed by atoms with Crippen LogP contribution in [0.4, 0.5) is 8.78 Å². The predicted octanol–water partition coefficient (Wildman–Crippen LogP) is 3.80. The number of ketones is 1. The van der Waals surface area contributed by atoms with Gasteiger partial charge in [0.1, 0.15) is 11.6 Å². The molecule has 0 bridgehead atoms. The summed E-state index contributed by atoms with van der Waals surface area (Å²) in [5, 5.41) is 0. The van der Waals surface area contributed by atoms with Gasteiger partial charge in [0.05, 0.1) is 12.1 Å². The van der Waals surface area contributed by atoms with Gasteiger partial charge >= 0.3 is 0 Å². The molecule has 0 amide bonds. The number of piperidine rings is 1. The average molecular weight is 293 g/mol. The molecule has 0 N–H and O–H groups in total. The van der Waals surface area contributed by atoms with Crippen LogP contribution in [0, 0.1) is 17.6 Å². The van der Waals surface area contributed by atoms with Crippen LogP contribution in [0.15, 0.2) is 18.2 Å². The summed E-state index contributed by atoms with van der Waals surface area (Å²) in [5.41, 5.74) is 0.00864. The summed E-state index contributed by atoms with van der Waals surface area (Å²) in [6.07, 6.45) is 7.26. The van der Waals surface area contributed by atoms with Gasteiger partial charge in [0, 0.05) is 12.1 Å². The molecule has 4 heteroatoms. The molecule has 1 aliphatic heterocycles. The molecule has 2 unspecified atom stereocenters. The zero-order valence-electron chi connectivity index (χ0n) is 12.2. The van der Waals surface area contributed by atoms with E-state index in [2.05, 4.69) is 4.90 Å². The Morgan fingerprint density at radius 3 is 2.71 bits per heavy atom. The van der Waals surface area contributed by atoms with E-state index in [0.717, 1.165) is 31.5 Å². The van der Waals surface area contributed by atoms with Crippen LogP contribution in [0.5, 0.6) is 0 Å². The molecule has 114 valence electrons. The van der Waals surface area contributed by atoms with E-state index in [-0.39, 0.29) is 17.9 Å². The second kappa shape index (κ2) is 6.22. The van der Waals surface area contributed by atoms with Gasteiger partial charge in [-0.1, -0.05) is 12.8 Å². The van der Waals surface area contributed by atoms with Crippen LogP contribution in [-0.2, 0) is 0 Å². The molecular formula is C17H21F2NO. The topological polar surface area (TPSA) is 20.3 Å². The average Bonchev–Trinajstić information content (AvgIpc) is 2.47. The SMILES string of the molecule is O=C(CN1CCCC2CCCCC21)c1ccc(F)cc1F. The molecule has 2 aliphatic rings. The first-order chi connectivity index (χ1) is 10.1. The van der Waals surface area contributed by atoms with Crippen LogP contribution >= 0.6 is 0 Å². The quantitative estimate of drug-likeness (QED) is 0.790. The molecule has 1 aromatic carbocycles. The van der Waals surface area contributed by atoms with Gasteiger partial charge in [-0.15, -0.1) is 0 Å². The van der Waals surface area contributed by atoms with E-state index in [9.17, 15) is 13.6 Å². The third-order valence-corrected chi connectivity index (χ3v) is 4.94. The summed E-state index contributed by atoms with van der Waals surface area (Å²) < 4.78 is 26.6. The van der Waals surface area contributed by atoms with Crippen molar-refractivity contribution < 1.29 is 13.6 Å². The summed E-state index contributed by atoms with van der Waals surface area (Å²) in [6, 6.07) is 3.66. The van der Waals surface area contributed by atoms with Crippen LogP contribution in [0.3, 0.4) is 0 Å². The van der Waals surface area contributed by atoms with Gasteiger partial charge in [-0.3, -0.25) is 9.69 Å². The molecular weight excluding hydrogens is 272 g/mol. The number of nitrogens with zero attached hydrogens (tertiary/aromatic N) is 1. The van der Waals surface area contributed by atoms with Crippen molar-refractivity contribution in [3.05, 3.63) is 35.4 Å². The van der Waals surface area contributed by atoms with Gasteiger partial charge in [0.25, 0.3) is 0 Å². The number of Topliss-reactive ketones (excluding diaryl/α,β-unsaturated/α-hetero) is 1. The van der Waals surface area contributed by atoms with Crippen LogP contribution in [0.2, 0.25) is 0 Å². The molecule has 1 saturated carbocycles. The van der Waals surface area contributed by atoms with Crippen LogP contribution in [-0.4, -0.2) is 29.8 Å². The van der Waals surface area contributed by atoms with Gasteiger partial charge in [-0.05, 0) is 50.3 Å². The van der Waals surface area contributed by atoms with E-state index < -0.39 is 11.6 Å². The van der Waals surface area contributed by atoms with Crippen molar-refractivity contribution in [2.24, 2.45) is 5.92 Å². The lowest BCUT2D eigenvalue weighted by Gasteiger charge is -2.43. The van der Waals surface area contributed by atoms with Crippen LogP contribution in [0.25, 0.3) is 0 Å². The number of halogens is 2.